The first kappa shape index (κ1) is 11.1. The zero-order chi connectivity index (χ0) is 11.6. The molecule has 1 aromatic heterocycles. The molecule has 5 heteroatoms. The molecule has 1 unspecified atom stereocenters. The van der Waals surface area contributed by atoms with Crippen molar-refractivity contribution in [1.29, 1.82) is 0 Å². The SMILES string of the molecule is Cn1nccc1CCC1(C(=O)O)CCCN1. The van der Waals surface area contributed by atoms with Gasteiger partial charge in [0.25, 0.3) is 0 Å². The summed E-state index contributed by atoms with van der Waals surface area (Å²) < 4.78 is 1.80. The third kappa shape index (κ3) is 1.95. The zero-order valence-electron chi connectivity index (χ0n) is 9.44. The van der Waals surface area contributed by atoms with Gasteiger partial charge >= 0.3 is 5.97 Å². The van der Waals surface area contributed by atoms with Crippen LogP contribution < -0.4 is 5.32 Å². The van der Waals surface area contributed by atoms with Gasteiger partial charge in [-0.1, -0.05) is 0 Å². The zero-order valence-corrected chi connectivity index (χ0v) is 9.44. The van der Waals surface area contributed by atoms with Gasteiger partial charge in [0.15, 0.2) is 0 Å². The normalized spacial score (nSPS) is 24.8. The third-order valence-electron chi connectivity index (χ3n) is 3.38. The molecule has 0 spiro atoms. The van der Waals surface area contributed by atoms with E-state index in [1.165, 1.54) is 0 Å². The van der Waals surface area contributed by atoms with E-state index in [0.717, 1.165) is 31.5 Å². The first-order valence-electron chi connectivity index (χ1n) is 5.59. The second-order valence-electron chi connectivity index (χ2n) is 4.36. The number of hydrogen-bond acceptors (Lipinski definition) is 3. The maximum absolute atomic E-state index is 11.3. The van der Waals surface area contributed by atoms with Crippen molar-refractivity contribution in [2.45, 2.75) is 31.2 Å². The molecular weight excluding hydrogens is 206 g/mol. The van der Waals surface area contributed by atoms with E-state index in [0.29, 0.717) is 6.42 Å². The van der Waals surface area contributed by atoms with Crippen LogP contribution in [0, 0.1) is 0 Å². The van der Waals surface area contributed by atoms with Crippen molar-refractivity contribution in [2.24, 2.45) is 7.05 Å². The number of aryl methyl sites for hydroxylation is 2. The van der Waals surface area contributed by atoms with Crippen molar-refractivity contribution < 1.29 is 9.90 Å². The van der Waals surface area contributed by atoms with Crippen molar-refractivity contribution in [3.63, 3.8) is 0 Å². The standard InChI is InChI=1S/C11H17N3O2/c1-14-9(4-8-13-14)3-6-11(10(15)16)5-2-7-12-11/h4,8,12H,2-3,5-7H2,1H3,(H,15,16). The van der Waals surface area contributed by atoms with Crippen LogP contribution in [0.15, 0.2) is 12.3 Å². The Kier molecular flexibility index (Phi) is 2.96. The molecule has 88 valence electrons. The Morgan fingerprint density at radius 1 is 1.75 bits per heavy atom. The second kappa shape index (κ2) is 4.25. The molecule has 1 fully saturated rings. The number of rotatable bonds is 4. The highest BCUT2D eigenvalue weighted by Gasteiger charge is 2.40. The number of nitrogens with zero attached hydrogens (tertiary/aromatic N) is 2. The molecule has 0 radical (unpaired) electrons. The summed E-state index contributed by atoms with van der Waals surface area (Å²) in [5, 5.41) is 16.5. The van der Waals surface area contributed by atoms with Crippen molar-refractivity contribution >= 4 is 5.97 Å². The van der Waals surface area contributed by atoms with E-state index in [-0.39, 0.29) is 0 Å². The van der Waals surface area contributed by atoms with Crippen LogP contribution in [0.4, 0.5) is 0 Å². The van der Waals surface area contributed by atoms with Gasteiger partial charge in [-0.3, -0.25) is 9.48 Å². The number of hydrogen-bond donors (Lipinski definition) is 2. The largest absolute Gasteiger partial charge is 0.480 e. The highest BCUT2D eigenvalue weighted by Crippen LogP contribution is 2.25. The minimum absolute atomic E-state index is 0.627. The van der Waals surface area contributed by atoms with Gasteiger partial charge in [0.1, 0.15) is 5.54 Å². The van der Waals surface area contributed by atoms with Gasteiger partial charge in [0.05, 0.1) is 0 Å². The Morgan fingerprint density at radius 2 is 2.56 bits per heavy atom. The Balaban J connectivity index is 2.03. The van der Waals surface area contributed by atoms with Crippen LogP contribution in [-0.4, -0.2) is 32.9 Å². The topological polar surface area (TPSA) is 67.2 Å². The van der Waals surface area contributed by atoms with E-state index < -0.39 is 11.5 Å². The summed E-state index contributed by atoms with van der Waals surface area (Å²) in [4.78, 5) is 11.3. The molecule has 0 aliphatic carbocycles. The van der Waals surface area contributed by atoms with Crippen LogP contribution in [0.25, 0.3) is 0 Å². The van der Waals surface area contributed by atoms with Crippen LogP contribution in [0.1, 0.15) is 25.0 Å². The second-order valence-corrected chi connectivity index (χ2v) is 4.36. The molecule has 2 heterocycles. The monoisotopic (exact) mass is 223 g/mol. The Morgan fingerprint density at radius 3 is 3.06 bits per heavy atom. The lowest BCUT2D eigenvalue weighted by molar-refractivity contribution is -0.144. The average Bonchev–Trinajstić information content (AvgIpc) is 2.84. The highest BCUT2D eigenvalue weighted by atomic mass is 16.4. The lowest BCUT2D eigenvalue weighted by Crippen LogP contribution is -2.47. The summed E-state index contributed by atoms with van der Waals surface area (Å²) in [6, 6.07) is 1.94. The molecule has 2 rings (SSSR count). The van der Waals surface area contributed by atoms with Gasteiger partial charge in [0, 0.05) is 18.9 Å². The molecule has 2 N–H and O–H groups in total. The fraction of sp³-hybridized carbons (Fsp3) is 0.636. The molecular formula is C11H17N3O2. The van der Waals surface area contributed by atoms with Crippen molar-refractivity contribution in [2.75, 3.05) is 6.54 Å². The molecule has 1 aliphatic heterocycles. The summed E-state index contributed by atoms with van der Waals surface area (Å²) in [6.07, 6.45) is 4.78. The smallest absolute Gasteiger partial charge is 0.323 e. The van der Waals surface area contributed by atoms with Gasteiger partial charge < -0.3 is 10.4 Å². The molecule has 0 saturated carbocycles. The Labute approximate surface area is 94.5 Å². The third-order valence-corrected chi connectivity index (χ3v) is 3.38. The number of carboxylic acid groups (broad SMARTS) is 1. The number of nitrogens with one attached hydrogen (secondary N) is 1. The van der Waals surface area contributed by atoms with Gasteiger partial charge in [-0.15, -0.1) is 0 Å². The first-order chi connectivity index (χ1) is 7.64. The van der Waals surface area contributed by atoms with Crippen LogP contribution in [0.2, 0.25) is 0 Å². The molecule has 0 bridgehead atoms. The summed E-state index contributed by atoms with van der Waals surface area (Å²) in [6.45, 7) is 0.803. The molecule has 1 aliphatic rings. The maximum atomic E-state index is 11.3. The first-order valence-corrected chi connectivity index (χ1v) is 5.59. The Hall–Kier alpha value is -1.36. The fourth-order valence-corrected chi connectivity index (χ4v) is 2.30. The number of aromatic nitrogens is 2. The van der Waals surface area contributed by atoms with Crippen molar-refractivity contribution in [3.05, 3.63) is 18.0 Å². The van der Waals surface area contributed by atoms with Crippen LogP contribution in [-0.2, 0) is 18.3 Å². The maximum Gasteiger partial charge on any atom is 0.323 e. The quantitative estimate of drug-likeness (QED) is 0.782. The summed E-state index contributed by atoms with van der Waals surface area (Å²) in [5.41, 5.74) is 0.360. The molecule has 0 aromatic carbocycles. The number of aliphatic carboxylic acids is 1. The number of carbonyl (C=O) groups is 1. The lowest BCUT2D eigenvalue weighted by Gasteiger charge is -2.24. The van der Waals surface area contributed by atoms with Gasteiger partial charge in [-0.25, -0.2) is 0 Å². The van der Waals surface area contributed by atoms with Gasteiger partial charge in [-0.05, 0) is 38.3 Å². The molecule has 1 atom stereocenters. The lowest BCUT2D eigenvalue weighted by atomic mass is 9.91. The summed E-state index contributed by atoms with van der Waals surface area (Å²) >= 11 is 0. The van der Waals surface area contributed by atoms with Gasteiger partial charge in [0.2, 0.25) is 0 Å². The molecule has 1 saturated heterocycles. The predicted molar refractivity (Wildman–Crippen MR) is 59.1 cm³/mol. The fourth-order valence-electron chi connectivity index (χ4n) is 2.30. The van der Waals surface area contributed by atoms with Crippen LogP contribution >= 0.6 is 0 Å². The Bertz CT molecular complexity index is 380. The van der Waals surface area contributed by atoms with Crippen LogP contribution in [0.3, 0.4) is 0 Å². The van der Waals surface area contributed by atoms with E-state index in [1.54, 1.807) is 10.9 Å². The minimum atomic E-state index is -0.729. The van der Waals surface area contributed by atoms with Crippen molar-refractivity contribution in [3.8, 4) is 0 Å². The van der Waals surface area contributed by atoms with Crippen LogP contribution in [0.5, 0.6) is 0 Å². The van der Waals surface area contributed by atoms with E-state index >= 15 is 0 Å². The van der Waals surface area contributed by atoms with E-state index in [9.17, 15) is 9.90 Å². The molecule has 0 amide bonds. The minimum Gasteiger partial charge on any atom is -0.480 e. The summed E-state index contributed by atoms with van der Waals surface area (Å²) in [7, 11) is 1.88. The predicted octanol–water partition coefficient (Wildman–Crippen LogP) is 0.559. The average molecular weight is 223 g/mol. The van der Waals surface area contributed by atoms with Crippen molar-refractivity contribution in [1.82, 2.24) is 15.1 Å². The van der Waals surface area contributed by atoms with E-state index in [2.05, 4.69) is 10.4 Å². The number of carboxylic acids is 1. The molecule has 1 aromatic rings. The molecule has 16 heavy (non-hydrogen) atoms. The molecule has 5 nitrogen and oxygen atoms in total. The highest BCUT2D eigenvalue weighted by molar-refractivity contribution is 5.79. The summed E-state index contributed by atoms with van der Waals surface area (Å²) in [5.74, 6) is -0.729. The van der Waals surface area contributed by atoms with E-state index in [1.807, 2.05) is 13.1 Å². The van der Waals surface area contributed by atoms with E-state index in [4.69, 9.17) is 0 Å². The van der Waals surface area contributed by atoms with Gasteiger partial charge in [-0.2, -0.15) is 5.10 Å².